The quantitative estimate of drug-likeness (QED) is 0.496. The van der Waals surface area contributed by atoms with Gasteiger partial charge in [-0.05, 0) is 54.4 Å². The number of anilines is 1. The number of hydrogen-bond donors (Lipinski definition) is 2. The van der Waals surface area contributed by atoms with Gasteiger partial charge in [-0.3, -0.25) is 4.79 Å². The molecule has 0 atom stereocenters. The second-order valence-corrected chi connectivity index (χ2v) is 9.27. The van der Waals surface area contributed by atoms with Crippen molar-refractivity contribution in [1.29, 1.82) is 0 Å². The summed E-state index contributed by atoms with van der Waals surface area (Å²) in [5, 5.41) is 2.74. The number of halogens is 1. The lowest BCUT2D eigenvalue weighted by Crippen LogP contribution is -2.23. The molecule has 0 aromatic heterocycles. The van der Waals surface area contributed by atoms with Crippen LogP contribution in [0.2, 0.25) is 0 Å². The summed E-state index contributed by atoms with van der Waals surface area (Å²) in [6, 6.07) is 21.1. The number of nitrogens with one attached hydrogen (secondary N) is 2. The molecule has 156 valence electrons. The van der Waals surface area contributed by atoms with Gasteiger partial charge in [-0.25, -0.2) is 13.1 Å². The Hall–Kier alpha value is -2.68. The zero-order valence-corrected chi connectivity index (χ0v) is 18.7. The molecule has 0 radical (unpaired) electrons. The first kappa shape index (κ1) is 22.0. The molecular weight excluding hydrogens is 468 g/mol. The van der Waals surface area contributed by atoms with Crippen LogP contribution in [0.4, 0.5) is 5.69 Å². The van der Waals surface area contributed by atoms with Gasteiger partial charge in [0.1, 0.15) is 5.75 Å². The third-order valence-electron chi connectivity index (χ3n) is 4.23. The van der Waals surface area contributed by atoms with Crippen LogP contribution in [0, 0.1) is 6.92 Å². The summed E-state index contributed by atoms with van der Waals surface area (Å²) in [6.07, 6.45) is 0. The summed E-state index contributed by atoms with van der Waals surface area (Å²) >= 11 is 3.35. The third-order valence-corrected chi connectivity index (χ3v) is 6.13. The molecule has 0 saturated heterocycles. The molecule has 0 aliphatic carbocycles. The van der Waals surface area contributed by atoms with Gasteiger partial charge in [0.2, 0.25) is 10.0 Å². The standard InChI is InChI=1S/C22H21BrN2O4S/c1-16-12-20(30(27,28)24-14-17-6-3-2-4-7-17)10-11-21(16)29-15-22(26)25-19-9-5-8-18(23)13-19/h2-13,24H,14-15H2,1H3,(H,25,26). The maximum absolute atomic E-state index is 12.5. The normalized spacial score (nSPS) is 11.1. The third kappa shape index (κ3) is 6.16. The van der Waals surface area contributed by atoms with Crippen LogP contribution in [0.1, 0.15) is 11.1 Å². The van der Waals surface area contributed by atoms with Crippen molar-refractivity contribution in [3.63, 3.8) is 0 Å². The molecule has 6 nitrogen and oxygen atoms in total. The topological polar surface area (TPSA) is 84.5 Å². The van der Waals surface area contributed by atoms with E-state index in [-0.39, 0.29) is 24.0 Å². The highest BCUT2D eigenvalue weighted by Crippen LogP contribution is 2.22. The fourth-order valence-corrected chi connectivity index (χ4v) is 4.22. The number of carbonyl (C=O) groups is 1. The smallest absolute Gasteiger partial charge is 0.262 e. The van der Waals surface area contributed by atoms with Gasteiger partial charge in [0.05, 0.1) is 4.90 Å². The molecule has 8 heteroatoms. The largest absolute Gasteiger partial charge is 0.483 e. The Balaban J connectivity index is 1.59. The Labute approximate surface area is 184 Å². The molecule has 0 aliphatic heterocycles. The number of ether oxygens (including phenoxy) is 1. The minimum Gasteiger partial charge on any atom is -0.483 e. The highest BCUT2D eigenvalue weighted by atomic mass is 79.9. The van der Waals surface area contributed by atoms with Gasteiger partial charge in [-0.15, -0.1) is 0 Å². The molecule has 0 aliphatic rings. The summed E-state index contributed by atoms with van der Waals surface area (Å²) in [7, 11) is -3.66. The molecule has 0 bridgehead atoms. The van der Waals surface area contributed by atoms with E-state index in [1.807, 2.05) is 42.5 Å². The van der Waals surface area contributed by atoms with Gasteiger partial charge in [-0.2, -0.15) is 0 Å². The predicted octanol–water partition coefficient (Wildman–Crippen LogP) is 4.25. The molecule has 2 N–H and O–H groups in total. The molecule has 0 heterocycles. The van der Waals surface area contributed by atoms with E-state index in [1.54, 1.807) is 25.1 Å². The zero-order chi connectivity index (χ0) is 21.6. The summed E-state index contributed by atoms with van der Waals surface area (Å²) in [5.74, 6) is 0.134. The van der Waals surface area contributed by atoms with Gasteiger partial charge in [0.15, 0.2) is 6.61 Å². The molecule has 30 heavy (non-hydrogen) atoms. The van der Waals surface area contributed by atoms with E-state index < -0.39 is 10.0 Å². The molecular formula is C22H21BrN2O4S. The number of rotatable bonds is 8. The van der Waals surface area contributed by atoms with Crippen molar-refractivity contribution in [3.05, 3.63) is 88.4 Å². The molecule has 0 saturated carbocycles. The average Bonchev–Trinajstić information content (AvgIpc) is 2.72. The molecule has 3 rings (SSSR count). The highest BCUT2D eigenvalue weighted by Gasteiger charge is 2.16. The molecule has 3 aromatic carbocycles. The highest BCUT2D eigenvalue weighted by molar-refractivity contribution is 9.10. The van der Waals surface area contributed by atoms with Crippen molar-refractivity contribution in [2.24, 2.45) is 0 Å². The Morgan fingerprint density at radius 1 is 1.00 bits per heavy atom. The maximum Gasteiger partial charge on any atom is 0.262 e. The lowest BCUT2D eigenvalue weighted by atomic mass is 10.2. The number of carbonyl (C=O) groups excluding carboxylic acids is 1. The van der Waals surface area contributed by atoms with Crippen molar-refractivity contribution in [2.75, 3.05) is 11.9 Å². The van der Waals surface area contributed by atoms with Gasteiger partial charge in [-0.1, -0.05) is 52.3 Å². The van der Waals surface area contributed by atoms with E-state index in [9.17, 15) is 13.2 Å². The van der Waals surface area contributed by atoms with Crippen LogP contribution >= 0.6 is 15.9 Å². The number of amides is 1. The van der Waals surface area contributed by atoms with E-state index in [2.05, 4.69) is 26.0 Å². The lowest BCUT2D eigenvalue weighted by Gasteiger charge is -2.12. The summed E-state index contributed by atoms with van der Waals surface area (Å²) in [5.41, 5.74) is 2.14. The van der Waals surface area contributed by atoms with Crippen molar-refractivity contribution < 1.29 is 17.9 Å². The average molecular weight is 489 g/mol. The fourth-order valence-electron chi connectivity index (χ4n) is 2.72. The van der Waals surface area contributed by atoms with Crippen LogP contribution in [0.3, 0.4) is 0 Å². The maximum atomic E-state index is 12.5. The van der Waals surface area contributed by atoms with Gasteiger partial charge in [0, 0.05) is 16.7 Å². The first-order valence-corrected chi connectivity index (χ1v) is 11.4. The summed E-state index contributed by atoms with van der Waals surface area (Å²) in [6.45, 7) is 1.75. The Morgan fingerprint density at radius 3 is 2.47 bits per heavy atom. The second-order valence-electron chi connectivity index (χ2n) is 6.58. The van der Waals surface area contributed by atoms with Crippen LogP contribution in [-0.2, 0) is 21.4 Å². The molecule has 0 unspecified atom stereocenters. The van der Waals surface area contributed by atoms with E-state index in [0.717, 1.165) is 10.0 Å². The van der Waals surface area contributed by atoms with Gasteiger partial charge < -0.3 is 10.1 Å². The van der Waals surface area contributed by atoms with Crippen LogP contribution in [0.15, 0.2) is 82.2 Å². The van der Waals surface area contributed by atoms with Crippen molar-refractivity contribution in [1.82, 2.24) is 4.72 Å². The Bertz CT molecular complexity index is 1130. The van der Waals surface area contributed by atoms with Crippen LogP contribution in [-0.4, -0.2) is 20.9 Å². The van der Waals surface area contributed by atoms with Crippen molar-refractivity contribution >= 4 is 37.5 Å². The molecule has 3 aromatic rings. The Morgan fingerprint density at radius 2 is 1.77 bits per heavy atom. The summed E-state index contributed by atoms with van der Waals surface area (Å²) < 4.78 is 34.1. The first-order valence-electron chi connectivity index (χ1n) is 9.16. The zero-order valence-electron chi connectivity index (χ0n) is 16.3. The van der Waals surface area contributed by atoms with Crippen LogP contribution in [0.5, 0.6) is 5.75 Å². The van der Waals surface area contributed by atoms with E-state index in [1.165, 1.54) is 12.1 Å². The van der Waals surface area contributed by atoms with E-state index >= 15 is 0 Å². The minimum atomic E-state index is -3.66. The fraction of sp³-hybridized carbons (Fsp3) is 0.136. The summed E-state index contributed by atoms with van der Waals surface area (Å²) in [4.78, 5) is 12.2. The van der Waals surface area contributed by atoms with Gasteiger partial charge >= 0.3 is 0 Å². The van der Waals surface area contributed by atoms with E-state index in [0.29, 0.717) is 17.0 Å². The van der Waals surface area contributed by atoms with Crippen molar-refractivity contribution in [3.8, 4) is 5.75 Å². The van der Waals surface area contributed by atoms with Gasteiger partial charge in [0.25, 0.3) is 5.91 Å². The number of benzene rings is 3. The Kier molecular flexibility index (Phi) is 7.25. The second kappa shape index (κ2) is 9.88. The number of hydrogen-bond acceptors (Lipinski definition) is 4. The van der Waals surface area contributed by atoms with Crippen molar-refractivity contribution in [2.45, 2.75) is 18.4 Å². The monoisotopic (exact) mass is 488 g/mol. The molecule has 1 amide bonds. The number of aryl methyl sites for hydroxylation is 1. The minimum absolute atomic E-state index is 0.141. The predicted molar refractivity (Wildman–Crippen MR) is 120 cm³/mol. The molecule has 0 spiro atoms. The SMILES string of the molecule is Cc1cc(S(=O)(=O)NCc2ccccc2)ccc1OCC(=O)Nc1cccc(Br)c1. The van der Waals surface area contributed by atoms with Crippen LogP contribution in [0.25, 0.3) is 0 Å². The molecule has 0 fully saturated rings. The first-order chi connectivity index (χ1) is 14.3. The number of sulfonamides is 1. The lowest BCUT2D eigenvalue weighted by molar-refractivity contribution is -0.118. The van der Waals surface area contributed by atoms with Crippen LogP contribution < -0.4 is 14.8 Å². The van der Waals surface area contributed by atoms with E-state index in [4.69, 9.17) is 4.74 Å².